The number of nitrogens with two attached hydrogens (primary N) is 1. The number of nitrogens with one attached hydrogen (secondary N) is 1. The summed E-state index contributed by atoms with van der Waals surface area (Å²) in [5.74, 6) is 1.61. The van der Waals surface area contributed by atoms with E-state index < -0.39 is 6.03 Å². The molecule has 0 atom stereocenters. The second kappa shape index (κ2) is 9.32. The maximum absolute atomic E-state index is 10.5. The first-order valence-electron chi connectivity index (χ1n) is 8.11. The van der Waals surface area contributed by atoms with Crippen molar-refractivity contribution >= 4 is 12.2 Å². The quantitative estimate of drug-likeness (QED) is 0.440. The number of aryl methyl sites for hydroxylation is 2. The Morgan fingerprint density at radius 2 is 1.80 bits per heavy atom. The summed E-state index contributed by atoms with van der Waals surface area (Å²) in [5.41, 5.74) is 10.3. The molecule has 0 heterocycles. The molecule has 0 aliphatic rings. The molecule has 3 N–H and O–H groups in total. The molecule has 0 bridgehead atoms. The van der Waals surface area contributed by atoms with Gasteiger partial charge in [0.25, 0.3) is 0 Å². The van der Waals surface area contributed by atoms with Gasteiger partial charge in [0.15, 0.2) is 0 Å². The van der Waals surface area contributed by atoms with Crippen molar-refractivity contribution in [1.29, 1.82) is 0 Å². The fraction of sp³-hybridized carbons (Fsp3) is 0.263. The number of ether oxygens (including phenoxy) is 2. The van der Waals surface area contributed by atoms with Crippen molar-refractivity contribution in [3.63, 3.8) is 0 Å². The SMILES string of the molecule is CCc1cc(C)cc(OCCOc2ccc(/C=N/NC(N)=O)cc2)c1. The summed E-state index contributed by atoms with van der Waals surface area (Å²) in [4.78, 5) is 10.5. The number of hydrazone groups is 1. The number of carbonyl (C=O) groups excluding carboxylic acids is 1. The van der Waals surface area contributed by atoms with Gasteiger partial charge >= 0.3 is 6.03 Å². The molecule has 0 aliphatic heterocycles. The molecule has 0 radical (unpaired) electrons. The molecule has 0 aliphatic carbocycles. The number of benzene rings is 2. The normalized spacial score (nSPS) is 10.6. The Morgan fingerprint density at radius 3 is 2.44 bits per heavy atom. The van der Waals surface area contributed by atoms with E-state index in [-0.39, 0.29) is 0 Å². The molecule has 2 aromatic carbocycles. The molecule has 2 aromatic rings. The zero-order chi connectivity index (χ0) is 18.1. The van der Waals surface area contributed by atoms with Gasteiger partial charge in [0.05, 0.1) is 6.21 Å². The summed E-state index contributed by atoms with van der Waals surface area (Å²) < 4.78 is 11.4. The van der Waals surface area contributed by atoms with Gasteiger partial charge in [0.1, 0.15) is 24.7 Å². The average molecular weight is 341 g/mol. The van der Waals surface area contributed by atoms with E-state index in [1.165, 1.54) is 17.3 Å². The molecule has 2 amide bonds. The zero-order valence-corrected chi connectivity index (χ0v) is 14.5. The Labute approximate surface area is 147 Å². The second-order valence-corrected chi connectivity index (χ2v) is 5.51. The Balaban J connectivity index is 1.77. The Bertz CT molecular complexity index is 727. The lowest BCUT2D eigenvalue weighted by atomic mass is 10.1. The standard InChI is InChI=1S/C19H23N3O3/c1-3-15-10-14(2)11-18(12-15)25-9-8-24-17-6-4-16(5-7-17)13-21-22-19(20)23/h4-7,10-13H,3,8-9H2,1-2H3,(H3,20,22,23)/b21-13+. The first-order chi connectivity index (χ1) is 12.1. The highest BCUT2D eigenvalue weighted by Crippen LogP contribution is 2.17. The number of carbonyl (C=O) groups is 1. The third-order valence-corrected chi connectivity index (χ3v) is 3.41. The highest BCUT2D eigenvalue weighted by atomic mass is 16.5. The molecular formula is C19H23N3O3. The van der Waals surface area contributed by atoms with Gasteiger partial charge in [-0.05, 0) is 66.4 Å². The molecule has 0 aromatic heterocycles. The van der Waals surface area contributed by atoms with Crippen LogP contribution in [0.25, 0.3) is 0 Å². The van der Waals surface area contributed by atoms with E-state index in [9.17, 15) is 4.79 Å². The van der Waals surface area contributed by atoms with Crippen LogP contribution >= 0.6 is 0 Å². The van der Waals surface area contributed by atoms with Crippen LogP contribution < -0.4 is 20.6 Å². The smallest absolute Gasteiger partial charge is 0.332 e. The van der Waals surface area contributed by atoms with Crippen LogP contribution in [0.15, 0.2) is 47.6 Å². The van der Waals surface area contributed by atoms with Gasteiger partial charge in [-0.1, -0.05) is 13.0 Å². The average Bonchev–Trinajstić information content (AvgIpc) is 2.59. The fourth-order valence-electron chi connectivity index (χ4n) is 2.25. The predicted molar refractivity (Wildman–Crippen MR) is 98.3 cm³/mol. The van der Waals surface area contributed by atoms with E-state index in [4.69, 9.17) is 15.2 Å². The van der Waals surface area contributed by atoms with Crippen LogP contribution in [0, 0.1) is 6.92 Å². The minimum atomic E-state index is -0.698. The van der Waals surface area contributed by atoms with Crippen molar-refractivity contribution in [3.05, 3.63) is 59.2 Å². The Kier molecular flexibility index (Phi) is 6.83. The van der Waals surface area contributed by atoms with Crippen LogP contribution in [0.1, 0.15) is 23.6 Å². The topological polar surface area (TPSA) is 85.9 Å². The number of amides is 2. The monoisotopic (exact) mass is 341 g/mol. The number of hydrogen-bond donors (Lipinski definition) is 2. The summed E-state index contributed by atoms with van der Waals surface area (Å²) in [5, 5.41) is 3.69. The summed E-state index contributed by atoms with van der Waals surface area (Å²) in [6, 6.07) is 12.9. The van der Waals surface area contributed by atoms with Crippen molar-refractivity contribution in [2.75, 3.05) is 13.2 Å². The van der Waals surface area contributed by atoms with Gasteiger partial charge in [-0.15, -0.1) is 0 Å². The van der Waals surface area contributed by atoms with Gasteiger partial charge in [0, 0.05) is 0 Å². The Hall–Kier alpha value is -3.02. The van der Waals surface area contributed by atoms with Crippen LogP contribution in [-0.4, -0.2) is 25.5 Å². The fourth-order valence-corrected chi connectivity index (χ4v) is 2.25. The summed E-state index contributed by atoms with van der Waals surface area (Å²) >= 11 is 0. The molecule has 132 valence electrons. The van der Waals surface area contributed by atoms with Crippen molar-refractivity contribution < 1.29 is 14.3 Å². The third kappa shape index (κ3) is 6.55. The lowest BCUT2D eigenvalue weighted by Crippen LogP contribution is -2.24. The first-order valence-corrected chi connectivity index (χ1v) is 8.11. The van der Waals surface area contributed by atoms with Crippen molar-refractivity contribution in [2.24, 2.45) is 10.8 Å². The van der Waals surface area contributed by atoms with Gasteiger partial charge in [-0.2, -0.15) is 5.10 Å². The van der Waals surface area contributed by atoms with Crippen molar-refractivity contribution in [1.82, 2.24) is 5.43 Å². The largest absolute Gasteiger partial charge is 0.490 e. The highest BCUT2D eigenvalue weighted by molar-refractivity contribution is 5.81. The molecule has 0 unspecified atom stereocenters. The number of nitrogens with zero attached hydrogens (tertiary/aromatic N) is 1. The number of primary amides is 1. The van der Waals surface area contributed by atoms with E-state index in [0.717, 1.165) is 23.5 Å². The van der Waals surface area contributed by atoms with Gasteiger partial charge in [-0.25, -0.2) is 10.2 Å². The maximum Gasteiger partial charge on any atom is 0.332 e. The molecule has 0 saturated carbocycles. The minimum absolute atomic E-state index is 0.450. The number of hydrogen-bond acceptors (Lipinski definition) is 4. The zero-order valence-electron chi connectivity index (χ0n) is 14.5. The maximum atomic E-state index is 10.5. The van der Waals surface area contributed by atoms with E-state index in [2.05, 4.69) is 36.5 Å². The molecule has 0 fully saturated rings. The van der Waals surface area contributed by atoms with E-state index >= 15 is 0 Å². The summed E-state index contributed by atoms with van der Waals surface area (Å²) in [7, 11) is 0. The predicted octanol–water partition coefficient (Wildman–Crippen LogP) is 3.02. The second-order valence-electron chi connectivity index (χ2n) is 5.51. The molecular weight excluding hydrogens is 318 g/mol. The summed E-state index contributed by atoms with van der Waals surface area (Å²) in [6.07, 6.45) is 2.49. The van der Waals surface area contributed by atoms with Crippen LogP contribution in [0.2, 0.25) is 0 Å². The van der Waals surface area contributed by atoms with Crippen molar-refractivity contribution in [3.8, 4) is 11.5 Å². The Morgan fingerprint density at radius 1 is 1.12 bits per heavy atom. The lowest BCUT2D eigenvalue weighted by molar-refractivity contribution is 0.217. The third-order valence-electron chi connectivity index (χ3n) is 3.41. The van der Waals surface area contributed by atoms with Gasteiger partial charge in [-0.3, -0.25) is 0 Å². The first kappa shape index (κ1) is 18.3. The van der Waals surface area contributed by atoms with E-state index in [1.54, 1.807) is 0 Å². The van der Waals surface area contributed by atoms with Gasteiger partial charge in [0.2, 0.25) is 0 Å². The highest BCUT2D eigenvalue weighted by Gasteiger charge is 2.00. The van der Waals surface area contributed by atoms with Crippen LogP contribution in [0.3, 0.4) is 0 Å². The summed E-state index contributed by atoms with van der Waals surface area (Å²) in [6.45, 7) is 5.11. The molecule has 2 rings (SSSR count). The van der Waals surface area contributed by atoms with E-state index in [1.807, 2.05) is 30.3 Å². The minimum Gasteiger partial charge on any atom is -0.490 e. The van der Waals surface area contributed by atoms with Crippen LogP contribution in [0.4, 0.5) is 4.79 Å². The number of rotatable bonds is 8. The molecule has 0 saturated heterocycles. The number of urea groups is 1. The molecule has 6 heteroatoms. The van der Waals surface area contributed by atoms with Crippen LogP contribution in [-0.2, 0) is 6.42 Å². The van der Waals surface area contributed by atoms with Crippen molar-refractivity contribution in [2.45, 2.75) is 20.3 Å². The molecule has 0 spiro atoms. The van der Waals surface area contributed by atoms with E-state index in [0.29, 0.717) is 13.2 Å². The lowest BCUT2D eigenvalue weighted by Gasteiger charge is -2.10. The molecule has 25 heavy (non-hydrogen) atoms. The molecule has 6 nitrogen and oxygen atoms in total. The van der Waals surface area contributed by atoms with Gasteiger partial charge < -0.3 is 15.2 Å². The van der Waals surface area contributed by atoms with Crippen LogP contribution in [0.5, 0.6) is 11.5 Å².